The topological polar surface area (TPSA) is 52.6 Å². The first-order valence-electron chi connectivity index (χ1n) is 10.3. The summed E-state index contributed by atoms with van der Waals surface area (Å²) in [5, 5.41) is 0. The predicted molar refractivity (Wildman–Crippen MR) is 106 cm³/mol. The Morgan fingerprint density at radius 3 is 1.52 bits per heavy atom. The number of hydrogen-bond acceptors (Lipinski definition) is 4. The highest BCUT2D eigenvalue weighted by molar-refractivity contribution is 7.71. The molecule has 0 saturated heterocycles. The van der Waals surface area contributed by atoms with E-state index in [9.17, 15) is 9.36 Å². The van der Waals surface area contributed by atoms with Crippen LogP contribution in [0.1, 0.15) is 92.9 Å². The minimum atomic E-state index is -3.70. The molecular formula is C20H41O4P. The SMILES string of the molecule is CCCCC(CC)COP(=O)(OCC(CC)CCCC)C(=O)C(C)C. The Balaban J connectivity index is 4.88. The predicted octanol–water partition coefficient (Wildman–Crippen LogP) is 6.83. The van der Waals surface area contributed by atoms with Gasteiger partial charge in [0.15, 0.2) is 0 Å². The molecule has 150 valence electrons. The van der Waals surface area contributed by atoms with E-state index in [4.69, 9.17) is 9.05 Å². The highest BCUT2D eigenvalue weighted by atomic mass is 31.2. The molecule has 5 heteroatoms. The largest absolute Gasteiger partial charge is 0.396 e. The van der Waals surface area contributed by atoms with Crippen LogP contribution in [-0.2, 0) is 18.4 Å². The van der Waals surface area contributed by atoms with Crippen LogP contribution < -0.4 is 0 Å². The Hall–Kier alpha value is -0.180. The van der Waals surface area contributed by atoms with Crippen LogP contribution in [0.5, 0.6) is 0 Å². The van der Waals surface area contributed by atoms with E-state index >= 15 is 0 Å². The number of unbranched alkanes of at least 4 members (excludes halogenated alkanes) is 2. The molecule has 0 aromatic heterocycles. The molecule has 0 aliphatic rings. The smallest absolute Gasteiger partial charge is 0.303 e. The molecule has 2 atom stereocenters. The molecule has 4 nitrogen and oxygen atoms in total. The summed E-state index contributed by atoms with van der Waals surface area (Å²) in [4.78, 5) is 12.5. The number of carbonyl (C=O) groups is 1. The molecule has 0 N–H and O–H groups in total. The summed E-state index contributed by atoms with van der Waals surface area (Å²) in [5.74, 6) is 0.315. The first-order chi connectivity index (χ1) is 11.8. The van der Waals surface area contributed by atoms with E-state index in [1.807, 2.05) is 0 Å². The Labute approximate surface area is 156 Å². The summed E-state index contributed by atoms with van der Waals surface area (Å²) in [6, 6.07) is 0. The van der Waals surface area contributed by atoms with Gasteiger partial charge in [-0.3, -0.25) is 9.36 Å². The summed E-state index contributed by atoms with van der Waals surface area (Å²) in [6.07, 6.45) is 8.51. The Kier molecular flexibility index (Phi) is 13.8. The van der Waals surface area contributed by atoms with Gasteiger partial charge in [0.1, 0.15) is 0 Å². The second-order valence-electron chi connectivity index (χ2n) is 7.41. The van der Waals surface area contributed by atoms with Gasteiger partial charge in [-0.2, -0.15) is 0 Å². The summed E-state index contributed by atoms with van der Waals surface area (Å²) in [5.41, 5.74) is -0.386. The fourth-order valence-corrected chi connectivity index (χ4v) is 4.46. The maximum Gasteiger partial charge on any atom is 0.396 e. The summed E-state index contributed by atoms with van der Waals surface area (Å²) >= 11 is 0. The molecule has 0 spiro atoms. The van der Waals surface area contributed by atoms with Gasteiger partial charge in [-0.15, -0.1) is 0 Å². The lowest BCUT2D eigenvalue weighted by molar-refractivity contribution is -0.116. The standard InChI is InChI=1S/C20H41O4P/c1-7-11-13-18(9-3)15-23-25(22,20(21)17(5)6)24-16-19(10-4)14-12-8-2/h17-19H,7-16H2,1-6H3. The van der Waals surface area contributed by atoms with E-state index in [0.29, 0.717) is 25.0 Å². The van der Waals surface area contributed by atoms with Crippen molar-refractivity contribution in [3.63, 3.8) is 0 Å². The zero-order valence-corrected chi connectivity index (χ0v) is 18.3. The highest BCUT2D eigenvalue weighted by Gasteiger charge is 2.37. The summed E-state index contributed by atoms with van der Waals surface area (Å²) in [6.45, 7) is 12.7. The molecule has 0 radical (unpaired) electrons. The number of rotatable bonds is 16. The quantitative estimate of drug-likeness (QED) is 0.277. The Morgan fingerprint density at radius 2 is 1.24 bits per heavy atom. The minimum absolute atomic E-state index is 0.332. The number of carbonyl (C=O) groups excluding carboxylic acids is 1. The molecule has 0 saturated carbocycles. The second-order valence-corrected chi connectivity index (χ2v) is 9.37. The Morgan fingerprint density at radius 1 is 0.840 bits per heavy atom. The van der Waals surface area contributed by atoms with Crippen molar-refractivity contribution >= 4 is 13.1 Å². The Bertz CT molecular complexity index is 371. The molecule has 0 aliphatic heterocycles. The van der Waals surface area contributed by atoms with Crippen molar-refractivity contribution in [2.45, 2.75) is 92.9 Å². The summed E-state index contributed by atoms with van der Waals surface area (Å²) < 4.78 is 24.5. The van der Waals surface area contributed by atoms with E-state index in [-0.39, 0.29) is 11.4 Å². The third-order valence-electron chi connectivity index (χ3n) is 4.81. The van der Waals surface area contributed by atoms with E-state index in [1.54, 1.807) is 13.8 Å². The molecule has 0 heterocycles. The van der Waals surface area contributed by atoms with E-state index in [2.05, 4.69) is 27.7 Å². The molecule has 0 rings (SSSR count). The van der Waals surface area contributed by atoms with Gasteiger partial charge in [0, 0.05) is 5.92 Å². The van der Waals surface area contributed by atoms with Crippen molar-refractivity contribution in [1.82, 2.24) is 0 Å². The average molecular weight is 377 g/mol. The fraction of sp³-hybridized carbons (Fsp3) is 0.950. The minimum Gasteiger partial charge on any atom is -0.303 e. The van der Waals surface area contributed by atoms with Gasteiger partial charge < -0.3 is 9.05 Å². The van der Waals surface area contributed by atoms with Crippen molar-refractivity contribution in [1.29, 1.82) is 0 Å². The molecular weight excluding hydrogens is 335 g/mol. The molecule has 0 aromatic rings. The molecule has 2 unspecified atom stereocenters. The molecule has 0 bridgehead atoms. The average Bonchev–Trinajstić information content (AvgIpc) is 2.61. The van der Waals surface area contributed by atoms with Crippen LogP contribution in [-0.4, -0.2) is 18.7 Å². The van der Waals surface area contributed by atoms with Gasteiger partial charge in [-0.05, 0) is 24.7 Å². The maximum atomic E-state index is 13.1. The van der Waals surface area contributed by atoms with Crippen molar-refractivity contribution < 1.29 is 18.4 Å². The highest BCUT2D eigenvalue weighted by Crippen LogP contribution is 2.52. The van der Waals surface area contributed by atoms with Crippen LogP contribution in [0.15, 0.2) is 0 Å². The van der Waals surface area contributed by atoms with Gasteiger partial charge >= 0.3 is 7.60 Å². The van der Waals surface area contributed by atoms with Crippen LogP contribution in [0.4, 0.5) is 0 Å². The van der Waals surface area contributed by atoms with Crippen molar-refractivity contribution in [3.8, 4) is 0 Å². The molecule has 25 heavy (non-hydrogen) atoms. The van der Waals surface area contributed by atoms with Crippen LogP contribution in [0, 0.1) is 17.8 Å². The summed E-state index contributed by atoms with van der Waals surface area (Å²) in [7, 11) is -3.70. The van der Waals surface area contributed by atoms with Crippen LogP contribution in [0.25, 0.3) is 0 Å². The second kappa shape index (κ2) is 13.9. The molecule has 0 amide bonds. The van der Waals surface area contributed by atoms with Crippen molar-refractivity contribution in [3.05, 3.63) is 0 Å². The van der Waals surface area contributed by atoms with Gasteiger partial charge in [0.25, 0.3) is 0 Å². The van der Waals surface area contributed by atoms with Crippen molar-refractivity contribution in [2.75, 3.05) is 13.2 Å². The lowest BCUT2D eigenvalue weighted by Gasteiger charge is -2.24. The first kappa shape index (κ1) is 24.8. The lowest BCUT2D eigenvalue weighted by Crippen LogP contribution is -2.18. The lowest BCUT2D eigenvalue weighted by atomic mass is 10.0. The monoisotopic (exact) mass is 376 g/mol. The molecule has 0 aromatic carbocycles. The zero-order valence-electron chi connectivity index (χ0n) is 17.4. The van der Waals surface area contributed by atoms with Crippen LogP contribution in [0.3, 0.4) is 0 Å². The molecule has 0 aliphatic carbocycles. The van der Waals surface area contributed by atoms with E-state index in [1.165, 1.54) is 0 Å². The van der Waals surface area contributed by atoms with Crippen LogP contribution in [0.2, 0.25) is 0 Å². The normalized spacial score (nSPS) is 16.6. The van der Waals surface area contributed by atoms with Gasteiger partial charge in [0.2, 0.25) is 5.52 Å². The van der Waals surface area contributed by atoms with Gasteiger partial charge in [0.05, 0.1) is 13.2 Å². The van der Waals surface area contributed by atoms with E-state index in [0.717, 1.165) is 51.4 Å². The molecule has 0 fully saturated rings. The zero-order chi connectivity index (χ0) is 19.3. The van der Waals surface area contributed by atoms with Gasteiger partial charge in [-0.1, -0.05) is 80.1 Å². The van der Waals surface area contributed by atoms with Crippen LogP contribution >= 0.6 is 7.60 Å². The van der Waals surface area contributed by atoms with Crippen molar-refractivity contribution in [2.24, 2.45) is 17.8 Å². The fourth-order valence-electron chi connectivity index (χ4n) is 2.68. The first-order valence-corrected chi connectivity index (χ1v) is 11.8. The third kappa shape index (κ3) is 9.92. The maximum absolute atomic E-state index is 13.1. The van der Waals surface area contributed by atoms with Gasteiger partial charge in [-0.25, -0.2) is 0 Å². The third-order valence-corrected chi connectivity index (χ3v) is 6.84. The van der Waals surface area contributed by atoms with E-state index < -0.39 is 7.60 Å². The number of hydrogen-bond donors (Lipinski definition) is 0.